The van der Waals surface area contributed by atoms with Crippen LogP contribution in [0, 0.1) is 0 Å². The predicted molar refractivity (Wildman–Crippen MR) is 86.2 cm³/mol. The molecule has 1 aromatic carbocycles. The summed E-state index contributed by atoms with van der Waals surface area (Å²) in [5, 5.41) is 12.1. The SMILES string of the molecule is O=C1C=C(O)CCN1C(=O)OC(=S)Nc1cccc(Cl)c1Cl. The van der Waals surface area contributed by atoms with Crippen molar-refractivity contribution in [2.45, 2.75) is 6.42 Å². The van der Waals surface area contributed by atoms with Crippen molar-refractivity contribution in [2.75, 3.05) is 11.9 Å². The Labute approximate surface area is 141 Å². The summed E-state index contributed by atoms with van der Waals surface area (Å²) < 4.78 is 4.87. The van der Waals surface area contributed by atoms with Crippen LogP contribution in [-0.2, 0) is 9.53 Å². The fourth-order valence-electron chi connectivity index (χ4n) is 1.68. The van der Waals surface area contributed by atoms with E-state index in [0.717, 1.165) is 11.0 Å². The molecule has 0 aromatic heterocycles. The number of ether oxygens (including phenoxy) is 1. The van der Waals surface area contributed by atoms with E-state index >= 15 is 0 Å². The van der Waals surface area contributed by atoms with Crippen LogP contribution in [0.15, 0.2) is 30.0 Å². The Morgan fingerprint density at radius 1 is 1.41 bits per heavy atom. The smallest absolute Gasteiger partial charge is 0.424 e. The number of imide groups is 1. The third kappa shape index (κ3) is 3.88. The zero-order chi connectivity index (χ0) is 16.3. The second-order valence-electron chi connectivity index (χ2n) is 4.26. The number of hydrogen-bond donors (Lipinski definition) is 2. The number of anilines is 1. The molecular formula is C13H10Cl2N2O4S. The van der Waals surface area contributed by atoms with E-state index in [4.69, 9.17) is 40.2 Å². The van der Waals surface area contributed by atoms with Gasteiger partial charge in [-0.15, -0.1) is 0 Å². The molecule has 0 unspecified atom stereocenters. The van der Waals surface area contributed by atoms with Gasteiger partial charge in [0.05, 0.1) is 21.5 Å². The number of carbonyl (C=O) groups is 2. The summed E-state index contributed by atoms with van der Waals surface area (Å²) in [5.74, 6) is -0.752. The molecule has 0 atom stereocenters. The van der Waals surface area contributed by atoms with Crippen LogP contribution >= 0.6 is 35.4 Å². The average Bonchev–Trinajstić information content (AvgIpc) is 2.43. The van der Waals surface area contributed by atoms with Crippen molar-refractivity contribution in [3.8, 4) is 0 Å². The van der Waals surface area contributed by atoms with Gasteiger partial charge >= 0.3 is 6.09 Å². The van der Waals surface area contributed by atoms with Crippen LogP contribution in [0.2, 0.25) is 10.0 Å². The molecule has 0 radical (unpaired) electrons. The molecule has 0 bridgehead atoms. The second kappa shape index (κ2) is 6.95. The molecule has 1 aromatic rings. The van der Waals surface area contributed by atoms with E-state index in [1.54, 1.807) is 18.2 Å². The van der Waals surface area contributed by atoms with Crippen molar-refractivity contribution < 1.29 is 19.4 Å². The topological polar surface area (TPSA) is 78.9 Å². The zero-order valence-electron chi connectivity index (χ0n) is 11.0. The fraction of sp³-hybridized carbons (Fsp3) is 0.154. The minimum atomic E-state index is -0.940. The van der Waals surface area contributed by atoms with E-state index in [9.17, 15) is 14.7 Å². The highest BCUT2D eigenvalue weighted by Gasteiger charge is 2.26. The highest BCUT2D eigenvalue weighted by atomic mass is 35.5. The molecule has 116 valence electrons. The first-order chi connectivity index (χ1) is 10.4. The summed E-state index contributed by atoms with van der Waals surface area (Å²) in [6.45, 7) is 0.0144. The van der Waals surface area contributed by atoms with Crippen molar-refractivity contribution in [3.63, 3.8) is 0 Å². The molecule has 2 N–H and O–H groups in total. The number of hydrogen-bond acceptors (Lipinski definition) is 5. The molecule has 0 fully saturated rings. The molecule has 1 aliphatic rings. The summed E-state index contributed by atoms with van der Waals surface area (Å²) in [4.78, 5) is 24.3. The summed E-state index contributed by atoms with van der Waals surface area (Å²) in [6, 6.07) is 4.83. The van der Waals surface area contributed by atoms with Crippen molar-refractivity contribution in [1.29, 1.82) is 0 Å². The van der Waals surface area contributed by atoms with Crippen LogP contribution in [0.4, 0.5) is 10.5 Å². The number of nitrogens with zero attached hydrogens (tertiary/aromatic N) is 1. The van der Waals surface area contributed by atoms with Crippen LogP contribution < -0.4 is 5.32 Å². The normalized spacial score (nSPS) is 14.4. The van der Waals surface area contributed by atoms with E-state index in [0.29, 0.717) is 10.7 Å². The van der Waals surface area contributed by atoms with Gasteiger partial charge in [0, 0.05) is 19.0 Å². The van der Waals surface area contributed by atoms with Gasteiger partial charge in [0.2, 0.25) is 0 Å². The van der Waals surface area contributed by atoms with Gasteiger partial charge in [-0.2, -0.15) is 0 Å². The second-order valence-corrected chi connectivity index (χ2v) is 5.41. The maximum atomic E-state index is 11.9. The van der Waals surface area contributed by atoms with Gasteiger partial charge in [-0.05, 0) is 24.4 Å². The maximum absolute atomic E-state index is 11.9. The summed E-state index contributed by atoms with van der Waals surface area (Å²) >= 11 is 16.7. The van der Waals surface area contributed by atoms with Crippen LogP contribution in [0.25, 0.3) is 0 Å². The molecule has 9 heteroatoms. The van der Waals surface area contributed by atoms with Crippen molar-refractivity contribution in [2.24, 2.45) is 0 Å². The minimum Gasteiger partial charge on any atom is -0.512 e. The number of carbonyl (C=O) groups excluding carboxylic acids is 2. The summed E-state index contributed by atoms with van der Waals surface area (Å²) in [5.41, 5.74) is 0.370. The molecule has 22 heavy (non-hydrogen) atoms. The number of amides is 2. The number of rotatable bonds is 1. The number of aliphatic hydroxyl groups excluding tert-OH is 1. The quantitative estimate of drug-likeness (QED) is 0.746. The lowest BCUT2D eigenvalue weighted by atomic mass is 10.2. The molecule has 0 saturated carbocycles. The van der Waals surface area contributed by atoms with Gasteiger partial charge in [0.15, 0.2) is 0 Å². The molecule has 1 heterocycles. The first-order valence-corrected chi connectivity index (χ1v) is 7.22. The Hall–Kier alpha value is -1.83. The Morgan fingerprint density at radius 3 is 2.82 bits per heavy atom. The lowest BCUT2D eigenvalue weighted by Crippen LogP contribution is -2.41. The molecule has 0 spiro atoms. The number of halogens is 2. The number of benzene rings is 1. The molecule has 1 aliphatic heterocycles. The van der Waals surface area contributed by atoms with Crippen LogP contribution in [-0.4, -0.2) is 33.7 Å². The van der Waals surface area contributed by atoms with Gasteiger partial charge in [-0.25, -0.2) is 9.69 Å². The minimum absolute atomic E-state index is 0.0144. The summed E-state index contributed by atoms with van der Waals surface area (Å²) in [7, 11) is 0. The van der Waals surface area contributed by atoms with E-state index < -0.39 is 12.0 Å². The highest BCUT2D eigenvalue weighted by Crippen LogP contribution is 2.29. The third-order valence-corrected chi connectivity index (χ3v) is 3.74. The Balaban J connectivity index is 1.99. The molecule has 0 saturated heterocycles. The number of aliphatic hydroxyl groups is 1. The number of thiocarbonyl (C=S) groups is 1. The Kier molecular flexibility index (Phi) is 5.23. The first kappa shape index (κ1) is 16.5. The molecule has 2 amide bonds. The van der Waals surface area contributed by atoms with E-state index in [1.807, 2.05) is 0 Å². The molecule has 6 nitrogen and oxygen atoms in total. The monoisotopic (exact) mass is 360 g/mol. The van der Waals surface area contributed by atoms with E-state index in [-0.39, 0.29) is 28.9 Å². The Bertz CT molecular complexity index is 678. The highest BCUT2D eigenvalue weighted by molar-refractivity contribution is 7.80. The average molecular weight is 361 g/mol. The van der Waals surface area contributed by atoms with Crippen LogP contribution in [0.5, 0.6) is 0 Å². The summed E-state index contributed by atoms with van der Waals surface area (Å²) in [6.07, 6.45) is 0.181. The number of nitrogens with one attached hydrogen (secondary N) is 1. The van der Waals surface area contributed by atoms with Crippen LogP contribution in [0.1, 0.15) is 6.42 Å². The predicted octanol–water partition coefficient (Wildman–Crippen LogP) is 3.50. The largest absolute Gasteiger partial charge is 0.512 e. The molecular weight excluding hydrogens is 351 g/mol. The molecule has 0 aliphatic carbocycles. The van der Waals surface area contributed by atoms with E-state index in [2.05, 4.69) is 5.32 Å². The Morgan fingerprint density at radius 2 is 2.14 bits per heavy atom. The van der Waals surface area contributed by atoms with E-state index in [1.165, 1.54) is 0 Å². The standard InChI is InChI=1S/C13H10Cl2N2O4S/c14-8-2-1-3-9(11(8)15)16-12(22)21-13(20)17-5-4-7(18)6-10(17)19/h1-3,6,18H,4-5H2,(H,16,22). The third-order valence-electron chi connectivity index (χ3n) is 2.74. The lowest BCUT2D eigenvalue weighted by Gasteiger charge is -2.22. The first-order valence-electron chi connectivity index (χ1n) is 6.06. The fourth-order valence-corrected chi connectivity index (χ4v) is 2.21. The van der Waals surface area contributed by atoms with Crippen molar-refractivity contribution >= 4 is 58.3 Å². The van der Waals surface area contributed by atoms with Crippen molar-refractivity contribution in [3.05, 3.63) is 40.1 Å². The van der Waals surface area contributed by atoms with Crippen molar-refractivity contribution in [1.82, 2.24) is 4.90 Å². The van der Waals surface area contributed by atoms with Gasteiger partial charge in [-0.1, -0.05) is 29.3 Å². The molecule has 2 rings (SSSR count). The van der Waals surface area contributed by atoms with Gasteiger partial charge < -0.3 is 15.2 Å². The zero-order valence-corrected chi connectivity index (χ0v) is 13.3. The van der Waals surface area contributed by atoms with Gasteiger partial charge in [0.25, 0.3) is 11.1 Å². The van der Waals surface area contributed by atoms with Crippen LogP contribution in [0.3, 0.4) is 0 Å². The van der Waals surface area contributed by atoms with Gasteiger partial charge in [0.1, 0.15) is 0 Å². The lowest BCUT2D eigenvalue weighted by molar-refractivity contribution is -0.124. The maximum Gasteiger partial charge on any atom is 0.424 e. The van der Waals surface area contributed by atoms with Gasteiger partial charge in [-0.3, -0.25) is 4.79 Å².